The molecule has 2 N–H and O–H groups in total. The Morgan fingerprint density at radius 2 is 1.90 bits per heavy atom. The first-order valence-electron chi connectivity index (χ1n) is 7.06. The number of nitrogens with one attached hydrogen (secondary N) is 1. The summed E-state index contributed by atoms with van der Waals surface area (Å²) < 4.78 is 0. The van der Waals surface area contributed by atoms with E-state index in [9.17, 15) is 5.11 Å². The van der Waals surface area contributed by atoms with Crippen LogP contribution >= 0.6 is 23.2 Å². The van der Waals surface area contributed by atoms with Crippen LogP contribution in [0.1, 0.15) is 40.0 Å². The number of benzene rings is 1. The number of rotatable bonds is 3. The number of anilines is 1. The first-order valence-corrected chi connectivity index (χ1v) is 7.82. The molecule has 1 aromatic rings. The molecule has 1 aliphatic carbocycles. The van der Waals surface area contributed by atoms with E-state index >= 15 is 0 Å². The molecule has 2 rings (SSSR count). The third kappa shape index (κ3) is 4.03. The number of hydrogen-bond donors (Lipinski definition) is 2. The van der Waals surface area contributed by atoms with Gasteiger partial charge in [-0.15, -0.1) is 0 Å². The zero-order chi connectivity index (χ0) is 15.0. The molecule has 0 spiro atoms. The molecule has 2 unspecified atom stereocenters. The molecular formula is C16H23Cl2NO. The van der Waals surface area contributed by atoms with E-state index in [1.807, 2.05) is 12.1 Å². The molecule has 2 atom stereocenters. The fourth-order valence-corrected chi connectivity index (χ4v) is 3.93. The third-order valence-corrected chi connectivity index (χ3v) is 4.80. The summed E-state index contributed by atoms with van der Waals surface area (Å²) in [7, 11) is 0. The van der Waals surface area contributed by atoms with Crippen molar-refractivity contribution >= 4 is 28.9 Å². The van der Waals surface area contributed by atoms with Crippen molar-refractivity contribution in [3.8, 4) is 0 Å². The molecule has 0 saturated heterocycles. The Balaban J connectivity index is 2.03. The van der Waals surface area contributed by atoms with Gasteiger partial charge in [-0.1, -0.05) is 44.0 Å². The standard InChI is InChI=1S/C16H23Cl2NO/c1-15(2)7-12(20)8-16(3,9-15)10-19-11-4-5-13(17)14(18)6-11/h4-6,12,19-20H,7-10H2,1-3H3. The summed E-state index contributed by atoms with van der Waals surface area (Å²) in [5.74, 6) is 0. The van der Waals surface area contributed by atoms with Crippen LogP contribution in [-0.2, 0) is 0 Å². The Morgan fingerprint density at radius 1 is 1.20 bits per heavy atom. The molecule has 0 bridgehead atoms. The Morgan fingerprint density at radius 3 is 2.50 bits per heavy atom. The summed E-state index contributed by atoms with van der Waals surface area (Å²) in [6, 6.07) is 5.58. The molecule has 1 aromatic carbocycles. The van der Waals surface area contributed by atoms with Gasteiger partial charge < -0.3 is 10.4 Å². The molecule has 4 heteroatoms. The van der Waals surface area contributed by atoms with Crippen molar-refractivity contribution in [2.45, 2.75) is 46.1 Å². The molecule has 1 saturated carbocycles. The van der Waals surface area contributed by atoms with Crippen LogP contribution in [0.5, 0.6) is 0 Å². The fourth-order valence-electron chi connectivity index (χ4n) is 3.63. The maximum Gasteiger partial charge on any atom is 0.0612 e. The zero-order valence-electron chi connectivity index (χ0n) is 12.3. The lowest BCUT2D eigenvalue weighted by atomic mass is 9.63. The van der Waals surface area contributed by atoms with Gasteiger partial charge in [-0.05, 0) is 48.3 Å². The minimum atomic E-state index is -0.209. The summed E-state index contributed by atoms with van der Waals surface area (Å²) in [6.45, 7) is 7.52. The van der Waals surface area contributed by atoms with Crippen LogP contribution in [0.25, 0.3) is 0 Å². The van der Waals surface area contributed by atoms with Crippen molar-refractivity contribution < 1.29 is 5.11 Å². The van der Waals surface area contributed by atoms with Crippen molar-refractivity contribution in [3.05, 3.63) is 28.2 Å². The van der Waals surface area contributed by atoms with Crippen LogP contribution in [0.3, 0.4) is 0 Å². The number of hydrogen-bond acceptors (Lipinski definition) is 2. The largest absolute Gasteiger partial charge is 0.393 e. The summed E-state index contributed by atoms with van der Waals surface area (Å²) >= 11 is 11.9. The highest BCUT2D eigenvalue weighted by Crippen LogP contribution is 2.46. The van der Waals surface area contributed by atoms with Gasteiger partial charge >= 0.3 is 0 Å². The number of aliphatic hydroxyl groups excluding tert-OH is 1. The molecule has 20 heavy (non-hydrogen) atoms. The molecular weight excluding hydrogens is 293 g/mol. The van der Waals surface area contributed by atoms with Crippen molar-refractivity contribution in [1.82, 2.24) is 0 Å². The van der Waals surface area contributed by atoms with Gasteiger partial charge in [0.1, 0.15) is 0 Å². The van der Waals surface area contributed by atoms with Crippen molar-refractivity contribution in [3.63, 3.8) is 0 Å². The van der Waals surface area contributed by atoms with Gasteiger partial charge in [0.05, 0.1) is 16.1 Å². The zero-order valence-corrected chi connectivity index (χ0v) is 13.9. The first kappa shape index (κ1) is 15.9. The third-order valence-electron chi connectivity index (χ3n) is 4.06. The smallest absolute Gasteiger partial charge is 0.0612 e. The van der Waals surface area contributed by atoms with Gasteiger partial charge in [-0.3, -0.25) is 0 Å². The Labute approximate surface area is 131 Å². The second-order valence-corrected chi connectivity index (χ2v) is 8.01. The highest BCUT2D eigenvalue weighted by Gasteiger charge is 2.40. The lowest BCUT2D eigenvalue weighted by Gasteiger charge is -2.45. The van der Waals surface area contributed by atoms with E-state index in [1.165, 1.54) is 0 Å². The number of aliphatic hydroxyl groups is 1. The monoisotopic (exact) mass is 315 g/mol. The van der Waals surface area contributed by atoms with Crippen LogP contribution in [0, 0.1) is 10.8 Å². The summed E-state index contributed by atoms with van der Waals surface area (Å²) in [6.07, 6.45) is 2.62. The normalized spacial score (nSPS) is 29.2. The van der Waals surface area contributed by atoms with E-state index in [-0.39, 0.29) is 16.9 Å². The molecule has 0 amide bonds. The maximum absolute atomic E-state index is 10.1. The predicted molar refractivity (Wildman–Crippen MR) is 86.7 cm³/mol. The predicted octanol–water partition coefficient (Wildman–Crippen LogP) is 4.98. The SMILES string of the molecule is CC1(C)CC(O)CC(C)(CNc2ccc(Cl)c(Cl)c2)C1. The maximum atomic E-state index is 10.1. The quantitative estimate of drug-likeness (QED) is 0.824. The molecule has 0 radical (unpaired) electrons. The molecule has 1 fully saturated rings. The van der Waals surface area contributed by atoms with Gasteiger partial charge in [0.15, 0.2) is 0 Å². The molecule has 0 heterocycles. The lowest BCUT2D eigenvalue weighted by molar-refractivity contribution is -0.00317. The molecule has 2 nitrogen and oxygen atoms in total. The highest BCUT2D eigenvalue weighted by molar-refractivity contribution is 6.42. The number of halogens is 2. The van der Waals surface area contributed by atoms with Gasteiger partial charge in [0, 0.05) is 12.2 Å². The van der Waals surface area contributed by atoms with E-state index in [0.29, 0.717) is 10.0 Å². The van der Waals surface area contributed by atoms with Crippen molar-refractivity contribution in [2.75, 3.05) is 11.9 Å². The summed E-state index contributed by atoms with van der Waals surface area (Å²) in [4.78, 5) is 0. The molecule has 0 aliphatic heterocycles. The lowest BCUT2D eigenvalue weighted by Crippen LogP contribution is -2.42. The van der Waals surface area contributed by atoms with Crippen LogP contribution in [0.15, 0.2) is 18.2 Å². The second kappa shape index (κ2) is 5.75. The van der Waals surface area contributed by atoms with Crippen molar-refractivity contribution in [2.24, 2.45) is 10.8 Å². The summed E-state index contributed by atoms with van der Waals surface area (Å²) in [5.41, 5.74) is 1.25. The van der Waals surface area contributed by atoms with E-state index in [1.54, 1.807) is 6.07 Å². The average molecular weight is 316 g/mol. The van der Waals surface area contributed by atoms with Crippen molar-refractivity contribution in [1.29, 1.82) is 0 Å². The summed E-state index contributed by atoms with van der Waals surface area (Å²) in [5, 5.41) is 14.6. The van der Waals surface area contributed by atoms with E-state index in [2.05, 4.69) is 26.1 Å². The average Bonchev–Trinajstić information content (AvgIpc) is 2.27. The van der Waals surface area contributed by atoms with E-state index in [0.717, 1.165) is 31.5 Å². The molecule has 0 aromatic heterocycles. The Bertz CT molecular complexity index is 489. The minimum absolute atomic E-state index is 0.0906. The van der Waals surface area contributed by atoms with E-state index in [4.69, 9.17) is 23.2 Å². The molecule has 1 aliphatic rings. The molecule has 112 valence electrons. The first-order chi connectivity index (χ1) is 9.19. The Hall–Kier alpha value is -0.440. The second-order valence-electron chi connectivity index (χ2n) is 7.20. The minimum Gasteiger partial charge on any atom is -0.393 e. The van der Waals surface area contributed by atoms with E-state index < -0.39 is 0 Å². The fraction of sp³-hybridized carbons (Fsp3) is 0.625. The van der Waals surface area contributed by atoms with Gasteiger partial charge in [0.25, 0.3) is 0 Å². The Kier molecular flexibility index (Phi) is 4.58. The highest BCUT2D eigenvalue weighted by atomic mass is 35.5. The van der Waals surface area contributed by atoms with Gasteiger partial charge in [-0.25, -0.2) is 0 Å². The van der Waals surface area contributed by atoms with Gasteiger partial charge in [-0.2, -0.15) is 0 Å². The van der Waals surface area contributed by atoms with Crippen LogP contribution in [0.4, 0.5) is 5.69 Å². The van der Waals surface area contributed by atoms with Crippen LogP contribution < -0.4 is 5.32 Å². The topological polar surface area (TPSA) is 32.3 Å². The van der Waals surface area contributed by atoms with Crippen LogP contribution in [-0.4, -0.2) is 17.8 Å². The van der Waals surface area contributed by atoms with Crippen LogP contribution in [0.2, 0.25) is 10.0 Å². The van der Waals surface area contributed by atoms with Gasteiger partial charge in [0.2, 0.25) is 0 Å².